The molecule has 1 N–H and O–H groups in total. The average molecular weight is 365 g/mol. The lowest BCUT2D eigenvalue weighted by molar-refractivity contribution is -0.274. The molecule has 0 radical (unpaired) electrons. The highest BCUT2D eigenvalue weighted by Crippen LogP contribution is 2.25. The van der Waals surface area contributed by atoms with Crippen LogP contribution in [0.1, 0.15) is 29.6 Å². The number of halogens is 3. The van der Waals surface area contributed by atoms with Crippen LogP contribution in [0.25, 0.3) is 0 Å². The molecule has 2 aromatic rings. The van der Waals surface area contributed by atoms with E-state index in [2.05, 4.69) is 19.9 Å². The molecule has 1 aliphatic heterocycles. The first kappa shape index (κ1) is 18.0. The third-order valence-electron chi connectivity index (χ3n) is 4.03. The molecule has 138 valence electrons. The van der Waals surface area contributed by atoms with Crippen LogP contribution in [0.15, 0.2) is 42.6 Å². The minimum atomic E-state index is -4.75. The number of amides is 1. The summed E-state index contributed by atoms with van der Waals surface area (Å²) in [6, 6.07) is 8.39. The third-order valence-corrected chi connectivity index (χ3v) is 4.03. The summed E-state index contributed by atoms with van der Waals surface area (Å²) in [4.78, 5) is 19.0. The molecule has 0 saturated carbocycles. The average Bonchev–Trinajstić information content (AvgIpc) is 2.63. The molecule has 0 atom stereocenters. The highest BCUT2D eigenvalue weighted by molar-refractivity contribution is 6.07. The van der Waals surface area contributed by atoms with Gasteiger partial charge in [-0.1, -0.05) is 0 Å². The van der Waals surface area contributed by atoms with E-state index in [9.17, 15) is 18.0 Å². The molecule has 1 aromatic heterocycles. The van der Waals surface area contributed by atoms with Crippen LogP contribution in [0.2, 0.25) is 0 Å². The predicted octanol–water partition coefficient (Wildman–Crippen LogP) is 4.22. The molecule has 8 heteroatoms. The summed E-state index contributed by atoms with van der Waals surface area (Å²) >= 11 is 0. The lowest BCUT2D eigenvalue weighted by atomic mass is 10.1. The van der Waals surface area contributed by atoms with E-state index in [4.69, 9.17) is 0 Å². The summed E-state index contributed by atoms with van der Waals surface area (Å²) in [5.41, 5.74) is 0.808. The van der Waals surface area contributed by atoms with Gasteiger partial charge >= 0.3 is 6.36 Å². The van der Waals surface area contributed by atoms with Crippen molar-refractivity contribution in [3.05, 3.63) is 48.2 Å². The minimum Gasteiger partial charge on any atom is -0.406 e. The van der Waals surface area contributed by atoms with Crippen molar-refractivity contribution in [2.45, 2.75) is 25.6 Å². The van der Waals surface area contributed by atoms with Gasteiger partial charge in [0.05, 0.1) is 5.56 Å². The maximum Gasteiger partial charge on any atom is 0.573 e. The van der Waals surface area contributed by atoms with Crippen molar-refractivity contribution < 1.29 is 22.7 Å². The molecule has 2 heterocycles. The Morgan fingerprint density at radius 1 is 1.08 bits per heavy atom. The monoisotopic (exact) mass is 365 g/mol. The Bertz CT molecular complexity index is 757. The van der Waals surface area contributed by atoms with Crippen LogP contribution in [-0.4, -0.2) is 30.3 Å². The first-order valence-electron chi connectivity index (χ1n) is 8.29. The summed E-state index contributed by atoms with van der Waals surface area (Å²) in [6.45, 7) is 1.70. The molecular formula is C18H18F3N3O2. The Morgan fingerprint density at radius 2 is 1.77 bits per heavy atom. The zero-order chi connectivity index (χ0) is 18.6. The molecule has 1 fully saturated rings. The van der Waals surface area contributed by atoms with E-state index < -0.39 is 6.36 Å². The maximum absolute atomic E-state index is 12.6. The largest absolute Gasteiger partial charge is 0.573 e. The number of hydrogen-bond acceptors (Lipinski definition) is 4. The van der Waals surface area contributed by atoms with Crippen LogP contribution in [-0.2, 0) is 0 Å². The number of hydrogen-bond donors (Lipinski definition) is 1. The van der Waals surface area contributed by atoms with Crippen molar-refractivity contribution in [2.24, 2.45) is 0 Å². The molecule has 0 unspecified atom stereocenters. The van der Waals surface area contributed by atoms with Gasteiger partial charge in [0, 0.05) is 25.0 Å². The highest BCUT2D eigenvalue weighted by Gasteiger charge is 2.31. The van der Waals surface area contributed by atoms with Crippen LogP contribution < -0.4 is 15.0 Å². The van der Waals surface area contributed by atoms with E-state index in [1.807, 2.05) is 0 Å². The topological polar surface area (TPSA) is 54.5 Å². The van der Waals surface area contributed by atoms with Gasteiger partial charge in [-0.25, -0.2) is 4.98 Å². The minimum absolute atomic E-state index is 0.342. The Morgan fingerprint density at radius 3 is 2.42 bits per heavy atom. The van der Waals surface area contributed by atoms with Crippen molar-refractivity contribution in [2.75, 3.05) is 23.3 Å². The van der Waals surface area contributed by atoms with Gasteiger partial charge in [-0.3, -0.25) is 4.79 Å². The lowest BCUT2D eigenvalue weighted by Gasteiger charge is -2.29. The van der Waals surface area contributed by atoms with Gasteiger partial charge in [-0.05, 0) is 55.7 Å². The van der Waals surface area contributed by atoms with Gasteiger partial charge in [0.1, 0.15) is 11.6 Å². The molecular weight excluding hydrogens is 347 g/mol. The predicted molar refractivity (Wildman–Crippen MR) is 91.4 cm³/mol. The lowest BCUT2D eigenvalue weighted by Crippen LogP contribution is -2.32. The van der Waals surface area contributed by atoms with Gasteiger partial charge in [-0.2, -0.15) is 0 Å². The standard InChI is InChI=1S/C18H18F3N3O2/c19-18(20,21)26-14-8-6-13(7-9-14)23-17(25)15-5-4-10-22-16(15)24-11-2-1-3-12-24/h4-10H,1-3,11-12H2,(H,23,25). The summed E-state index contributed by atoms with van der Waals surface area (Å²) in [5, 5.41) is 2.69. The van der Waals surface area contributed by atoms with Crippen LogP contribution in [0.5, 0.6) is 5.75 Å². The fourth-order valence-corrected chi connectivity index (χ4v) is 2.87. The Balaban J connectivity index is 1.72. The molecule has 1 aromatic carbocycles. The Labute approximate surface area is 148 Å². The van der Waals surface area contributed by atoms with E-state index in [0.717, 1.165) is 44.5 Å². The molecule has 3 rings (SSSR count). The zero-order valence-electron chi connectivity index (χ0n) is 13.9. The number of anilines is 2. The number of alkyl halides is 3. The number of piperidine rings is 1. The highest BCUT2D eigenvalue weighted by atomic mass is 19.4. The van der Waals surface area contributed by atoms with Gasteiger partial charge in [0.25, 0.3) is 5.91 Å². The quantitative estimate of drug-likeness (QED) is 0.881. The summed E-state index contributed by atoms with van der Waals surface area (Å²) in [6.07, 6.45) is 0.168. The fraction of sp³-hybridized carbons (Fsp3) is 0.333. The normalized spacial score (nSPS) is 14.8. The molecule has 0 aliphatic carbocycles. The maximum atomic E-state index is 12.6. The number of carbonyl (C=O) groups is 1. The van der Waals surface area contributed by atoms with E-state index in [1.54, 1.807) is 18.3 Å². The van der Waals surface area contributed by atoms with E-state index in [1.165, 1.54) is 12.1 Å². The second-order valence-electron chi connectivity index (χ2n) is 5.95. The number of nitrogens with zero attached hydrogens (tertiary/aromatic N) is 2. The number of nitrogens with one attached hydrogen (secondary N) is 1. The van der Waals surface area contributed by atoms with Crippen molar-refractivity contribution in [3.63, 3.8) is 0 Å². The number of carbonyl (C=O) groups excluding carboxylic acids is 1. The molecule has 5 nitrogen and oxygen atoms in total. The fourth-order valence-electron chi connectivity index (χ4n) is 2.87. The smallest absolute Gasteiger partial charge is 0.406 e. The van der Waals surface area contributed by atoms with Crippen LogP contribution >= 0.6 is 0 Å². The van der Waals surface area contributed by atoms with Gasteiger partial charge < -0.3 is 15.0 Å². The Kier molecular flexibility index (Phi) is 5.29. The second kappa shape index (κ2) is 7.63. The number of benzene rings is 1. The third kappa shape index (κ3) is 4.65. The second-order valence-corrected chi connectivity index (χ2v) is 5.95. The molecule has 1 aliphatic rings. The zero-order valence-corrected chi connectivity index (χ0v) is 13.9. The SMILES string of the molecule is O=C(Nc1ccc(OC(F)(F)F)cc1)c1cccnc1N1CCCCC1. The summed E-state index contributed by atoms with van der Waals surface area (Å²) in [5.74, 6) is -0.0734. The Hall–Kier alpha value is -2.77. The molecule has 0 spiro atoms. The summed E-state index contributed by atoms with van der Waals surface area (Å²) in [7, 11) is 0. The van der Waals surface area contributed by atoms with Crippen molar-refractivity contribution in [3.8, 4) is 5.75 Å². The molecule has 26 heavy (non-hydrogen) atoms. The van der Waals surface area contributed by atoms with Crippen LogP contribution in [0.3, 0.4) is 0 Å². The van der Waals surface area contributed by atoms with Crippen molar-refractivity contribution in [1.29, 1.82) is 0 Å². The van der Waals surface area contributed by atoms with Crippen LogP contribution in [0, 0.1) is 0 Å². The molecule has 1 saturated heterocycles. The van der Waals surface area contributed by atoms with E-state index in [0.29, 0.717) is 17.1 Å². The molecule has 0 bridgehead atoms. The van der Waals surface area contributed by atoms with Crippen molar-refractivity contribution in [1.82, 2.24) is 4.98 Å². The van der Waals surface area contributed by atoms with E-state index in [-0.39, 0.29) is 11.7 Å². The number of rotatable bonds is 4. The van der Waals surface area contributed by atoms with Gasteiger partial charge in [-0.15, -0.1) is 13.2 Å². The number of ether oxygens (including phenoxy) is 1. The number of aromatic nitrogens is 1. The van der Waals surface area contributed by atoms with E-state index >= 15 is 0 Å². The van der Waals surface area contributed by atoms with Gasteiger partial charge in [0.2, 0.25) is 0 Å². The van der Waals surface area contributed by atoms with Crippen molar-refractivity contribution >= 4 is 17.4 Å². The first-order chi connectivity index (χ1) is 12.4. The van der Waals surface area contributed by atoms with Crippen LogP contribution in [0.4, 0.5) is 24.7 Å². The number of pyridine rings is 1. The van der Waals surface area contributed by atoms with Gasteiger partial charge in [0.15, 0.2) is 0 Å². The summed E-state index contributed by atoms with van der Waals surface area (Å²) < 4.78 is 40.4. The molecule has 1 amide bonds. The first-order valence-corrected chi connectivity index (χ1v) is 8.29.